The molecule has 3 heteroatoms. The van der Waals surface area contributed by atoms with E-state index in [4.69, 9.17) is 0 Å². The van der Waals surface area contributed by atoms with Crippen LogP contribution >= 0.6 is 0 Å². The lowest BCUT2D eigenvalue weighted by atomic mass is 10.1. The van der Waals surface area contributed by atoms with Crippen molar-refractivity contribution in [2.45, 2.75) is 32.7 Å². The average molecular weight is 260 g/mol. The quantitative estimate of drug-likeness (QED) is 0.781. The van der Waals surface area contributed by atoms with Gasteiger partial charge in [-0.2, -0.15) is 0 Å². The van der Waals surface area contributed by atoms with Crippen LogP contribution in [-0.2, 0) is 0 Å². The lowest BCUT2D eigenvalue weighted by Gasteiger charge is -2.33. The molecule has 1 aliphatic rings. The summed E-state index contributed by atoms with van der Waals surface area (Å²) in [6, 6.07) is 8.51. The summed E-state index contributed by atoms with van der Waals surface area (Å²) in [6.45, 7) is 7.13. The van der Waals surface area contributed by atoms with E-state index in [1.807, 2.05) is 18.2 Å². The predicted molar refractivity (Wildman–Crippen MR) is 80.0 cm³/mol. The van der Waals surface area contributed by atoms with Gasteiger partial charge in [0.15, 0.2) is 5.78 Å². The fourth-order valence-electron chi connectivity index (χ4n) is 2.93. The Balaban J connectivity index is 2.35. The Hall–Kier alpha value is -1.35. The SMILES string of the molecule is CCC1CN(C)CCCN1c1ccccc1C(C)=O. The van der Waals surface area contributed by atoms with Crippen LogP contribution in [0, 0.1) is 0 Å². The van der Waals surface area contributed by atoms with Crippen LogP contribution in [-0.4, -0.2) is 43.4 Å². The van der Waals surface area contributed by atoms with Crippen molar-refractivity contribution in [3.63, 3.8) is 0 Å². The second-order valence-corrected chi connectivity index (χ2v) is 5.44. The van der Waals surface area contributed by atoms with Crippen LogP contribution in [0.1, 0.15) is 37.0 Å². The lowest BCUT2D eigenvalue weighted by Crippen LogP contribution is -2.40. The second-order valence-electron chi connectivity index (χ2n) is 5.44. The van der Waals surface area contributed by atoms with Crippen molar-refractivity contribution in [3.05, 3.63) is 29.8 Å². The van der Waals surface area contributed by atoms with Crippen molar-refractivity contribution < 1.29 is 4.79 Å². The van der Waals surface area contributed by atoms with E-state index in [1.54, 1.807) is 6.92 Å². The first-order valence-corrected chi connectivity index (χ1v) is 7.18. The fraction of sp³-hybridized carbons (Fsp3) is 0.562. The molecule has 104 valence electrons. The van der Waals surface area contributed by atoms with E-state index >= 15 is 0 Å². The molecular formula is C16H24N2O. The van der Waals surface area contributed by atoms with Gasteiger partial charge in [0.1, 0.15) is 0 Å². The van der Waals surface area contributed by atoms with Gasteiger partial charge in [0.05, 0.1) is 0 Å². The number of benzene rings is 1. The van der Waals surface area contributed by atoms with Crippen LogP contribution in [0.3, 0.4) is 0 Å². The highest BCUT2D eigenvalue weighted by atomic mass is 16.1. The van der Waals surface area contributed by atoms with Gasteiger partial charge >= 0.3 is 0 Å². The number of ketones is 1. The van der Waals surface area contributed by atoms with Crippen molar-refractivity contribution >= 4 is 11.5 Å². The zero-order chi connectivity index (χ0) is 13.8. The van der Waals surface area contributed by atoms with E-state index < -0.39 is 0 Å². The monoisotopic (exact) mass is 260 g/mol. The highest BCUT2D eigenvalue weighted by molar-refractivity contribution is 5.99. The lowest BCUT2D eigenvalue weighted by molar-refractivity contribution is 0.101. The minimum absolute atomic E-state index is 0.156. The molecule has 0 aromatic heterocycles. The molecule has 0 saturated carbocycles. The van der Waals surface area contributed by atoms with Gasteiger partial charge in [-0.15, -0.1) is 0 Å². The van der Waals surface area contributed by atoms with E-state index in [2.05, 4.69) is 29.8 Å². The number of anilines is 1. The topological polar surface area (TPSA) is 23.6 Å². The van der Waals surface area contributed by atoms with E-state index in [-0.39, 0.29) is 5.78 Å². The van der Waals surface area contributed by atoms with E-state index in [9.17, 15) is 4.79 Å². The molecule has 1 saturated heterocycles. The smallest absolute Gasteiger partial charge is 0.161 e. The zero-order valence-corrected chi connectivity index (χ0v) is 12.2. The van der Waals surface area contributed by atoms with Crippen molar-refractivity contribution in [1.29, 1.82) is 0 Å². The number of likely N-dealkylation sites (N-methyl/N-ethyl adjacent to an activating group) is 1. The van der Waals surface area contributed by atoms with Gasteiger partial charge in [-0.3, -0.25) is 4.79 Å². The molecule has 0 bridgehead atoms. The predicted octanol–water partition coefficient (Wildman–Crippen LogP) is 2.81. The summed E-state index contributed by atoms with van der Waals surface area (Å²) in [5.74, 6) is 0.156. The fourth-order valence-corrected chi connectivity index (χ4v) is 2.93. The van der Waals surface area contributed by atoms with Crippen molar-refractivity contribution in [3.8, 4) is 0 Å². The third-order valence-electron chi connectivity index (χ3n) is 3.97. The minimum Gasteiger partial charge on any atom is -0.367 e. The van der Waals surface area contributed by atoms with Gasteiger partial charge in [-0.25, -0.2) is 0 Å². The van der Waals surface area contributed by atoms with Crippen LogP contribution in [0.4, 0.5) is 5.69 Å². The van der Waals surface area contributed by atoms with Crippen molar-refractivity contribution in [2.24, 2.45) is 0 Å². The normalized spacial score (nSPS) is 21.2. The molecule has 1 heterocycles. The molecule has 1 fully saturated rings. The molecule has 1 unspecified atom stereocenters. The van der Waals surface area contributed by atoms with Gasteiger partial charge in [0.25, 0.3) is 0 Å². The average Bonchev–Trinajstić information content (AvgIpc) is 2.60. The maximum absolute atomic E-state index is 11.8. The number of para-hydroxylation sites is 1. The first kappa shape index (κ1) is 14.1. The maximum atomic E-state index is 11.8. The minimum atomic E-state index is 0.156. The summed E-state index contributed by atoms with van der Waals surface area (Å²) in [5.41, 5.74) is 1.96. The Bertz CT molecular complexity index is 444. The molecule has 0 spiro atoms. The number of carbonyl (C=O) groups is 1. The van der Waals surface area contributed by atoms with Gasteiger partial charge in [-0.05, 0) is 45.5 Å². The molecule has 3 nitrogen and oxygen atoms in total. The second kappa shape index (κ2) is 6.20. The first-order valence-electron chi connectivity index (χ1n) is 7.18. The standard InChI is InChI=1S/C16H24N2O/c1-4-14-12-17(3)10-7-11-18(14)16-9-6-5-8-15(16)13(2)19/h5-6,8-9,14H,4,7,10-12H2,1-3H3. The van der Waals surface area contributed by atoms with Crippen LogP contribution in [0.15, 0.2) is 24.3 Å². The van der Waals surface area contributed by atoms with Crippen molar-refractivity contribution in [1.82, 2.24) is 4.90 Å². The van der Waals surface area contributed by atoms with E-state index in [0.29, 0.717) is 6.04 Å². The summed E-state index contributed by atoms with van der Waals surface area (Å²) in [6.07, 6.45) is 2.26. The highest BCUT2D eigenvalue weighted by Crippen LogP contribution is 2.26. The van der Waals surface area contributed by atoms with E-state index in [1.165, 1.54) is 0 Å². The number of Topliss-reactive ketones (excluding diaryl/α,β-unsaturated/α-hetero) is 1. The Morgan fingerprint density at radius 3 is 2.74 bits per heavy atom. The number of nitrogens with zero attached hydrogens (tertiary/aromatic N) is 2. The van der Waals surface area contributed by atoms with Crippen LogP contribution in [0.25, 0.3) is 0 Å². The molecule has 0 aliphatic carbocycles. The Morgan fingerprint density at radius 1 is 1.32 bits per heavy atom. The molecule has 1 aromatic carbocycles. The van der Waals surface area contributed by atoms with Gasteiger partial charge < -0.3 is 9.80 Å². The molecule has 0 N–H and O–H groups in total. The van der Waals surface area contributed by atoms with Crippen molar-refractivity contribution in [2.75, 3.05) is 31.6 Å². The number of hydrogen-bond donors (Lipinski definition) is 0. The Kier molecular flexibility index (Phi) is 4.59. The van der Waals surface area contributed by atoms with Crippen LogP contribution < -0.4 is 4.90 Å². The molecule has 1 aliphatic heterocycles. The molecule has 0 radical (unpaired) electrons. The summed E-state index contributed by atoms with van der Waals surface area (Å²) >= 11 is 0. The molecule has 19 heavy (non-hydrogen) atoms. The summed E-state index contributed by atoms with van der Waals surface area (Å²) in [7, 11) is 2.18. The zero-order valence-electron chi connectivity index (χ0n) is 12.2. The van der Waals surface area contributed by atoms with Gasteiger partial charge in [-0.1, -0.05) is 19.1 Å². The number of hydrogen-bond acceptors (Lipinski definition) is 3. The first-order chi connectivity index (χ1) is 9.13. The van der Waals surface area contributed by atoms with Crippen LogP contribution in [0.5, 0.6) is 0 Å². The maximum Gasteiger partial charge on any atom is 0.161 e. The summed E-state index contributed by atoms with van der Waals surface area (Å²) in [4.78, 5) is 16.6. The molecule has 2 rings (SSSR count). The summed E-state index contributed by atoms with van der Waals surface area (Å²) in [5, 5.41) is 0. The molecule has 1 atom stereocenters. The molecule has 1 aromatic rings. The van der Waals surface area contributed by atoms with Gasteiger partial charge in [0, 0.05) is 30.4 Å². The third-order valence-corrected chi connectivity index (χ3v) is 3.97. The Morgan fingerprint density at radius 2 is 2.05 bits per heavy atom. The summed E-state index contributed by atoms with van der Waals surface area (Å²) < 4.78 is 0. The van der Waals surface area contributed by atoms with Gasteiger partial charge in [0.2, 0.25) is 0 Å². The molecule has 0 amide bonds. The largest absolute Gasteiger partial charge is 0.367 e. The Labute approximate surface area is 116 Å². The van der Waals surface area contributed by atoms with Crippen LogP contribution in [0.2, 0.25) is 0 Å². The third kappa shape index (κ3) is 3.16. The van der Waals surface area contributed by atoms with E-state index in [0.717, 1.165) is 43.7 Å². The number of carbonyl (C=O) groups excluding carboxylic acids is 1. The highest BCUT2D eigenvalue weighted by Gasteiger charge is 2.24. The number of rotatable bonds is 3. The molecular weight excluding hydrogens is 236 g/mol.